The fraction of sp³-hybridized carbons (Fsp3) is 0.208. The molecule has 0 unspecified atom stereocenters. The highest BCUT2D eigenvalue weighted by molar-refractivity contribution is 6.33. The van der Waals surface area contributed by atoms with Crippen molar-refractivity contribution < 1.29 is 18.6 Å². The van der Waals surface area contributed by atoms with Crippen molar-refractivity contribution in [1.82, 2.24) is 24.5 Å². The number of pyridine rings is 1. The molecule has 0 amide bonds. The highest BCUT2D eigenvalue weighted by atomic mass is 35.5. The SMILES string of the molecule is Cc1nc(OCc2ncc(F)cc2F)c(Cl)c(=O)n1-c1cc(-c2ccnc(C(C)(C)O)n2)ccc1Cl. The molecule has 0 bridgehead atoms. The van der Waals surface area contributed by atoms with Crippen LogP contribution in [0.15, 0.2) is 47.5 Å². The third-order valence-corrected chi connectivity index (χ3v) is 5.72. The van der Waals surface area contributed by atoms with Crippen LogP contribution >= 0.6 is 23.2 Å². The van der Waals surface area contributed by atoms with Crippen LogP contribution in [0.4, 0.5) is 8.78 Å². The molecule has 4 rings (SSSR count). The van der Waals surface area contributed by atoms with Gasteiger partial charge in [-0.3, -0.25) is 14.3 Å². The van der Waals surface area contributed by atoms with Crippen molar-refractivity contribution >= 4 is 23.2 Å². The molecule has 8 nitrogen and oxygen atoms in total. The van der Waals surface area contributed by atoms with Gasteiger partial charge < -0.3 is 9.84 Å². The lowest BCUT2D eigenvalue weighted by atomic mass is 10.1. The molecule has 0 aliphatic carbocycles. The minimum absolute atomic E-state index is 0.179. The highest BCUT2D eigenvalue weighted by Gasteiger charge is 2.21. The van der Waals surface area contributed by atoms with E-state index in [9.17, 15) is 18.7 Å². The molecule has 186 valence electrons. The molecule has 4 aromatic rings. The lowest BCUT2D eigenvalue weighted by molar-refractivity contribution is 0.0688. The Labute approximate surface area is 214 Å². The van der Waals surface area contributed by atoms with Crippen LogP contribution in [0.1, 0.15) is 31.2 Å². The van der Waals surface area contributed by atoms with Crippen LogP contribution in [0.25, 0.3) is 16.9 Å². The molecule has 36 heavy (non-hydrogen) atoms. The van der Waals surface area contributed by atoms with E-state index in [1.807, 2.05) is 0 Å². The summed E-state index contributed by atoms with van der Waals surface area (Å²) < 4.78 is 33.6. The second kappa shape index (κ2) is 9.88. The van der Waals surface area contributed by atoms with Gasteiger partial charge in [0.1, 0.15) is 29.5 Å². The molecule has 12 heteroatoms. The number of ether oxygens (including phenoxy) is 1. The van der Waals surface area contributed by atoms with Crippen molar-refractivity contribution in [3.63, 3.8) is 0 Å². The first-order valence-corrected chi connectivity index (χ1v) is 11.3. The normalized spacial score (nSPS) is 11.6. The third-order valence-electron chi connectivity index (χ3n) is 5.08. The first-order valence-electron chi connectivity index (χ1n) is 10.5. The summed E-state index contributed by atoms with van der Waals surface area (Å²) >= 11 is 12.7. The number of aromatic nitrogens is 5. The molecule has 0 radical (unpaired) electrons. The Morgan fingerprint density at radius 1 is 1.11 bits per heavy atom. The molecule has 3 aromatic heterocycles. The zero-order chi connectivity index (χ0) is 26.2. The Morgan fingerprint density at radius 3 is 2.56 bits per heavy atom. The first-order chi connectivity index (χ1) is 17.0. The molecule has 3 heterocycles. The topological polar surface area (TPSA) is 103 Å². The Kier molecular flexibility index (Phi) is 7.03. The summed E-state index contributed by atoms with van der Waals surface area (Å²) in [4.78, 5) is 29.5. The van der Waals surface area contributed by atoms with Gasteiger partial charge in [-0.2, -0.15) is 4.98 Å². The van der Waals surface area contributed by atoms with Crippen molar-refractivity contribution in [3.05, 3.63) is 92.1 Å². The average Bonchev–Trinajstić information content (AvgIpc) is 2.82. The molecule has 0 fully saturated rings. The number of halogens is 4. The smallest absolute Gasteiger partial charge is 0.280 e. The summed E-state index contributed by atoms with van der Waals surface area (Å²) in [5.41, 5.74) is -0.722. The molecule has 1 aromatic carbocycles. The molecule has 0 atom stereocenters. The van der Waals surface area contributed by atoms with E-state index in [1.54, 1.807) is 45.0 Å². The number of hydrogen-bond acceptors (Lipinski definition) is 7. The maximum absolute atomic E-state index is 13.9. The summed E-state index contributed by atoms with van der Waals surface area (Å²) in [6.07, 6.45) is 2.36. The zero-order valence-electron chi connectivity index (χ0n) is 19.3. The Morgan fingerprint density at radius 2 is 1.86 bits per heavy atom. The standard InChI is InChI=1S/C24H19Cl2F2N5O3/c1-12-31-21(36-11-18-16(28)9-14(27)10-30-18)20(26)22(34)33(12)19-8-13(4-5-15(19)25)17-6-7-29-23(32-17)24(2,3)35/h4-10,35H,11H2,1-3H3. The lowest BCUT2D eigenvalue weighted by Crippen LogP contribution is -2.24. The second-order valence-electron chi connectivity index (χ2n) is 8.28. The molecular formula is C24H19Cl2F2N5O3. The predicted octanol–water partition coefficient (Wildman–Crippen LogP) is 4.78. The van der Waals surface area contributed by atoms with Crippen LogP contribution in [-0.2, 0) is 12.2 Å². The van der Waals surface area contributed by atoms with Gasteiger partial charge in [-0.25, -0.2) is 18.7 Å². The van der Waals surface area contributed by atoms with Gasteiger partial charge in [0.05, 0.1) is 22.6 Å². The van der Waals surface area contributed by atoms with E-state index in [4.69, 9.17) is 27.9 Å². The summed E-state index contributed by atoms with van der Waals surface area (Å²) in [5.74, 6) is -1.56. The summed E-state index contributed by atoms with van der Waals surface area (Å²) in [5, 5.41) is 10.1. The number of rotatable bonds is 6. The maximum Gasteiger partial charge on any atom is 0.280 e. The first kappa shape index (κ1) is 25.6. The second-order valence-corrected chi connectivity index (χ2v) is 9.07. The summed E-state index contributed by atoms with van der Waals surface area (Å²) in [6.45, 7) is 4.26. The van der Waals surface area contributed by atoms with E-state index in [1.165, 1.54) is 10.8 Å². The van der Waals surface area contributed by atoms with Crippen LogP contribution in [-0.4, -0.2) is 29.6 Å². The van der Waals surface area contributed by atoms with Gasteiger partial charge in [0.25, 0.3) is 5.56 Å². The molecule has 1 N–H and O–H groups in total. The van der Waals surface area contributed by atoms with E-state index in [-0.39, 0.29) is 39.0 Å². The van der Waals surface area contributed by atoms with Gasteiger partial charge in [0, 0.05) is 17.8 Å². The number of hydrogen-bond donors (Lipinski definition) is 1. The summed E-state index contributed by atoms with van der Waals surface area (Å²) in [7, 11) is 0. The van der Waals surface area contributed by atoms with Gasteiger partial charge in [-0.15, -0.1) is 0 Å². The maximum atomic E-state index is 13.9. The van der Waals surface area contributed by atoms with E-state index in [0.717, 1.165) is 6.20 Å². The molecule has 0 saturated carbocycles. The fourth-order valence-corrected chi connectivity index (χ4v) is 3.69. The lowest BCUT2D eigenvalue weighted by Gasteiger charge is -2.17. The quantitative estimate of drug-likeness (QED) is 0.380. The van der Waals surface area contributed by atoms with Crippen molar-refractivity contribution in [2.75, 3.05) is 0 Å². The minimum Gasteiger partial charge on any atom is -0.470 e. The zero-order valence-corrected chi connectivity index (χ0v) is 20.8. The monoisotopic (exact) mass is 533 g/mol. The van der Waals surface area contributed by atoms with Crippen molar-refractivity contribution in [1.29, 1.82) is 0 Å². The van der Waals surface area contributed by atoms with Crippen LogP contribution in [0.3, 0.4) is 0 Å². The Hall–Kier alpha value is -3.47. The van der Waals surface area contributed by atoms with E-state index in [2.05, 4.69) is 19.9 Å². The van der Waals surface area contributed by atoms with E-state index < -0.39 is 29.4 Å². The van der Waals surface area contributed by atoms with Gasteiger partial charge in [-0.1, -0.05) is 29.3 Å². The number of aryl methyl sites for hydroxylation is 1. The van der Waals surface area contributed by atoms with Gasteiger partial charge in [-0.05, 0) is 39.0 Å². The molecule has 0 spiro atoms. The van der Waals surface area contributed by atoms with Crippen LogP contribution in [0, 0.1) is 18.6 Å². The van der Waals surface area contributed by atoms with Crippen LogP contribution < -0.4 is 10.3 Å². The number of benzene rings is 1. The molecular weight excluding hydrogens is 515 g/mol. The van der Waals surface area contributed by atoms with E-state index >= 15 is 0 Å². The van der Waals surface area contributed by atoms with Gasteiger partial charge >= 0.3 is 0 Å². The fourth-order valence-electron chi connectivity index (χ4n) is 3.31. The Bertz CT molecular complexity index is 1520. The third kappa shape index (κ3) is 5.20. The van der Waals surface area contributed by atoms with Crippen molar-refractivity contribution in [3.8, 4) is 22.8 Å². The van der Waals surface area contributed by atoms with Gasteiger partial charge in [0.2, 0.25) is 5.88 Å². The van der Waals surface area contributed by atoms with E-state index in [0.29, 0.717) is 17.3 Å². The van der Waals surface area contributed by atoms with Crippen LogP contribution in [0.5, 0.6) is 5.88 Å². The average molecular weight is 534 g/mol. The number of nitrogens with zero attached hydrogens (tertiary/aromatic N) is 5. The Balaban J connectivity index is 1.72. The summed E-state index contributed by atoms with van der Waals surface area (Å²) in [6, 6.07) is 7.25. The largest absolute Gasteiger partial charge is 0.470 e. The van der Waals surface area contributed by atoms with Crippen LogP contribution in [0.2, 0.25) is 10.0 Å². The molecule has 0 aliphatic heterocycles. The van der Waals surface area contributed by atoms with Crippen molar-refractivity contribution in [2.24, 2.45) is 0 Å². The van der Waals surface area contributed by atoms with Gasteiger partial charge in [0.15, 0.2) is 16.7 Å². The predicted molar refractivity (Wildman–Crippen MR) is 129 cm³/mol. The molecule has 0 aliphatic rings. The highest BCUT2D eigenvalue weighted by Crippen LogP contribution is 2.29. The minimum atomic E-state index is -1.25. The van der Waals surface area contributed by atoms with Crippen molar-refractivity contribution in [2.45, 2.75) is 33.0 Å². The number of aliphatic hydroxyl groups is 1. The molecule has 0 saturated heterocycles.